The number of nitrogens with zero attached hydrogens (tertiary/aromatic N) is 3. The fourth-order valence-corrected chi connectivity index (χ4v) is 2.74. The first kappa shape index (κ1) is 18.8. The second kappa shape index (κ2) is 8.60. The summed E-state index contributed by atoms with van der Waals surface area (Å²) in [5, 5.41) is 9.67. The molecule has 6 heteroatoms. The van der Waals surface area contributed by atoms with Gasteiger partial charge < -0.3 is 5.32 Å². The predicted octanol–water partition coefficient (Wildman–Crippen LogP) is 3.24. The summed E-state index contributed by atoms with van der Waals surface area (Å²) in [6.07, 6.45) is 1.46. The van der Waals surface area contributed by atoms with E-state index < -0.39 is 0 Å². The molecule has 2 N–H and O–H groups in total. The zero-order valence-electron chi connectivity index (χ0n) is 15.9. The van der Waals surface area contributed by atoms with Crippen molar-refractivity contribution in [2.24, 2.45) is 0 Å². The second-order valence-electron chi connectivity index (χ2n) is 6.87. The number of H-pyrrole nitrogens is 1. The molecule has 2 aromatic carbocycles. The molecule has 0 aliphatic heterocycles. The van der Waals surface area contributed by atoms with Crippen molar-refractivity contribution in [2.75, 3.05) is 7.05 Å². The van der Waals surface area contributed by atoms with Gasteiger partial charge in [-0.25, -0.2) is 4.98 Å². The summed E-state index contributed by atoms with van der Waals surface area (Å²) in [6, 6.07) is 16.0. The van der Waals surface area contributed by atoms with Gasteiger partial charge in [0, 0.05) is 30.3 Å². The number of nitrogens with one attached hydrogen (secondary N) is 2. The molecule has 0 radical (unpaired) electrons. The van der Waals surface area contributed by atoms with E-state index in [1.807, 2.05) is 24.3 Å². The summed E-state index contributed by atoms with van der Waals surface area (Å²) in [5.41, 5.74) is 3.88. The van der Waals surface area contributed by atoms with Gasteiger partial charge in [0.15, 0.2) is 5.82 Å². The van der Waals surface area contributed by atoms with Crippen LogP contribution in [0.3, 0.4) is 0 Å². The van der Waals surface area contributed by atoms with Gasteiger partial charge in [-0.2, -0.15) is 5.10 Å². The number of aromatic amines is 1. The van der Waals surface area contributed by atoms with Gasteiger partial charge in [0.1, 0.15) is 6.33 Å². The maximum atomic E-state index is 12.5. The van der Waals surface area contributed by atoms with Crippen molar-refractivity contribution < 1.29 is 4.79 Å². The summed E-state index contributed by atoms with van der Waals surface area (Å²) in [5.74, 6) is 0.594. The monoisotopic (exact) mass is 363 g/mol. The van der Waals surface area contributed by atoms with Gasteiger partial charge >= 0.3 is 0 Å². The zero-order valence-corrected chi connectivity index (χ0v) is 15.9. The lowest BCUT2D eigenvalue weighted by atomic mass is 10.1. The molecule has 1 amide bonds. The van der Waals surface area contributed by atoms with Crippen LogP contribution in [0.15, 0.2) is 54.9 Å². The van der Waals surface area contributed by atoms with Crippen molar-refractivity contribution in [3.05, 3.63) is 71.5 Å². The molecule has 1 aromatic heterocycles. The molecule has 0 unspecified atom stereocenters. The van der Waals surface area contributed by atoms with Crippen LogP contribution in [0.4, 0.5) is 0 Å². The van der Waals surface area contributed by atoms with E-state index in [-0.39, 0.29) is 5.91 Å². The molecule has 0 atom stereocenters. The largest absolute Gasteiger partial charge is 0.348 e. The Labute approximate surface area is 159 Å². The summed E-state index contributed by atoms with van der Waals surface area (Å²) < 4.78 is 0. The van der Waals surface area contributed by atoms with E-state index in [4.69, 9.17) is 0 Å². The van der Waals surface area contributed by atoms with Crippen molar-refractivity contribution in [2.45, 2.75) is 33.0 Å². The van der Waals surface area contributed by atoms with Gasteiger partial charge in [-0.15, -0.1) is 0 Å². The molecule has 0 spiro atoms. The molecule has 3 aromatic rings. The first-order valence-corrected chi connectivity index (χ1v) is 9.05. The molecule has 0 saturated carbocycles. The van der Waals surface area contributed by atoms with Crippen molar-refractivity contribution in [3.8, 4) is 11.4 Å². The van der Waals surface area contributed by atoms with E-state index in [1.165, 1.54) is 11.9 Å². The molecule has 0 aliphatic carbocycles. The molecule has 0 saturated heterocycles. The molecule has 0 aliphatic rings. The van der Waals surface area contributed by atoms with Crippen molar-refractivity contribution in [1.29, 1.82) is 0 Å². The van der Waals surface area contributed by atoms with Crippen LogP contribution in [0.2, 0.25) is 0 Å². The normalized spacial score (nSPS) is 11.1. The highest BCUT2D eigenvalue weighted by Crippen LogP contribution is 2.15. The minimum atomic E-state index is -0.0915. The first-order valence-electron chi connectivity index (χ1n) is 9.05. The number of hydrogen-bond acceptors (Lipinski definition) is 4. The first-order chi connectivity index (χ1) is 13.0. The highest BCUT2D eigenvalue weighted by atomic mass is 16.1. The standard InChI is InChI=1S/C21H25N5O/c1-15(2)26(3)13-19-7-5-4-6-18(19)12-22-21(27)17-10-8-16(9-11-17)20-23-14-24-25-20/h4-11,14-15H,12-13H2,1-3H3,(H,22,27)(H,23,24,25). The van der Waals surface area contributed by atoms with Crippen LogP contribution < -0.4 is 5.32 Å². The lowest BCUT2D eigenvalue weighted by molar-refractivity contribution is 0.0950. The smallest absolute Gasteiger partial charge is 0.251 e. The van der Waals surface area contributed by atoms with Crippen LogP contribution >= 0.6 is 0 Å². The number of aromatic nitrogens is 3. The Balaban J connectivity index is 1.64. The van der Waals surface area contributed by atoms with E-state index in [1.54, 1.807) is 12.1 Å². The van der Waals surface area contributed by atoms with Gasteiger partial charge in [-0.05, 0) is 44.2 Å². The van der Waals surface area contributed by atoms with Gasteiger partial charge in [0.05, 0.1) is 0 Å². The van der Waals surface area contributed by atoms with E-state index in [2.05, 4.69) is 58.4 Å². The maximum Gasteiger partial charge on any atom is 0.251 e. The Kier molecular flexibility index (Phi) is 5.98. The molecule has 27 heavy (non-hydrogen) atoms. The average Bonchev–Trinajstić information content (AvgIpc) is 3.22. The highest BCUT2D eigenvalue weighted by Gasteiger charge is 2.10. The van der Waals surface area contributed by atoms with Crippen molar-refractivity contribution in [1.82, 2.24) is 25.4 Å². The highest BCUT2D eigenvalue weighted by molar-refractivity contribution is 5.94. The van der Waals surface area contributed by atoms with Crippen LogP contribution in [-0.2, 0) is 13.1 Å². The minimum absolute atomic E-state index is 0.0915. The van der Waals surface area contributed by atoms with Gasteiger partial charge in [0.25, 0.3) is 5.91 Å². The topological polar surface area (TPSA) is 73.9 Å². The van der Waals surface area contributed by atoms with Gasteiger partial charge in [-0.1, -0.05) is 36.4 Å². The molecular weight excluding hydrogens is 338 g/mol. The summed E-state index contributed by atoms with van der Waals surface area (Å²) in [6.45, 7) is 5.71. The molecule has 0 fully saturated rings. The number of hydrogen-bond donors (Lipinski definition) is 2. The number of rotatable bonds is 7. The molecule has 1 heterocycles. The van der Waals surface area contributed by atoms with E-state index in [0.29, 0.717) is 24.0 Å². The van der Waals surface area contributed by atoms with Crippen LogP contribution in [-0.4, -0.2) is 39.1 Å². The van der Waals surface area contributed by atoms with Crippen LogP contribution in [0.1, 0.15) is 35.3 Å². The lowest BCUT2D eigenvalue weighted by Gasteiger charge is -2.22. The third-order valence-electron chi connectivity index (χ3n) is 4.69. The third-order valence-corrected chi connectivity index (χ3v) is 4.69. The zero-order chi connectivity index (χ0) is 19.2. The Morgan fingerprint density at radius 1 is 1.11 bits per heavy atom. The minimum Gasteiger partial charge on any atom is -0.348 e. The third kappa shape index (κ3) is 4.80. The molecular formula is C21H25N5O. The Morgan fingerprint density at radius 2 is 1.81 bits per heavy atom. The fourth-order valence-electron chi connectivity index (χ4n) is 2.74. The predicted molar refractivity (Wildman–Crippen MR) is 106 cm³/mol. The Hall–Kier alpha value is -2.99. The molecule has 0 bridgehead atoms. The Bertz CT molecular complexity index is 872. The average molecular weight is 363 g/mol. The number of benzene rings is 2. The lowest BCUT2D eigenvalue weighted by Crippen LogP contribution is -2.27. The summed E-state index contributed by atoms with van der Waals surface area (Å²) in [4.78, 5) is 18.9. The number of carbonyl (C=O) groups is 1. The number of amides is 1. The SMILES string of the molecule is CC(C)N(C)Cc1ccccc1CNC(=O)c1ccc(-c2ncn[nH]2)cc1. The van der Waals surface area contributed by atoms with Crippen LogP contribution in [0.25, 0.3) is 11.4 Å². The quantitative estimate of drug-likeness (QED) is 0.676. The van der Waals surface area contributed by atoms with Gasteiger partial charge in [0.2, 0.25) is 0 Å². The second-order valence-corrected chi connectivity index (χ2v) is 6.87. The van der Waals surface area contributed by atoms with E-state index >= 15 is 0 Å². The van der Waals surface area contributed by atoms with E-state index in [0.717, 1.165) is 17.7 Å². The summed E-state index contributed by atoms with van der Waals surface area (Å²) in [7, 11) is 2.11. The molecule has 3 rings (SSSR count). The molecule has 140 valence electrons. The maximum absolute atomic E-state index is 12.5. The van der Waals surface area contributed by atoms with E-state index in [9.17, 15) is 4.79 Å². The van der Waals surface area contributed by atoms with Crippen LogP contribution in [0.5, 0.6) is 0 Å². The fraction of sp³-hybridized carbons (Fsp3) is 0.286. The number of carbonyl (C=O) groups excluding carboxylic acids is 1. The van der Waals surface area contributed by atoms with Crippen molar-refractivity contribution >= 4 is 5.91 Å². The van der Waals surface area contributed by atoms with Crippen LogP contribution in [0, 0.1) is 0 Å². The van der Waals surface area contributed by atoms with Crippen molar-refractivity contribution in [3.63, 3.8) is 0 Å². The summed E-state index contributed by atoms with van der Waals surface area (Å²) >= 11 is 0. The van der Waals surface area contributed by atoms with Gasteiger partial charge in [-0.3, -0.25) is 14.8 Å². The Morgan fingerprint density at radius 3 is 2.44 bits per heavy atom. The molecule has 6 nitrogen and oxygen atoms in total.